The monoisotopic (exact) mass is 664 g/mol. The summed E-state index contributed by atoms with van der Waals surface area (Å²) in [5.74, 6) is -1.59. The summed E-state index contributed by atoms with van der Waals surface area (Å²) >= 11 is 0. The van der Waals surface area contributed by atoms with E-state index in [9.17, 15) is 28.8 Å². The summed E-state index contributed by atoms with van der Waals surface area (Å²) in [6, 6.07) is 0. The maximum atomic E-state index is 11.3. The van der Waals surface area contributed by atoms with Crippen LogP contribution in [0, 0.1) is 0 Å². The van der Waals surface area contributed by atoms with E-state index in [0.29, 0.717) is 0 Å². The Labute approximate surface area is 277 Å². The molecule has 0 aliphatic carbocycles. The smallest absolute Gasteiger partial charge is 0.303 e. The van der Waals surface area contributed by atoms with E-state index in [2.05, 4.69) is 30.7 Å². The topological polar surface area (TPSA) is 187 Å². The Bertz CT molecular complexity index is 941. The largest absolute Gasteiger partial charge is 0.456 e. The van der Waals surface area contributed by atoms with E-state index in [0.717, 1.165) is 0 Å². The molecule has 0 rings (SSSR count). The van der Waals surface area contributed by atoms with Gasteiger partial charge in [0.25, 0.3) is 11.8 Å². The highest BCUT2D eigenvalue weighted by Gasteiger charge is 2.21. The van der Waals surface area contributed by atoms with Crippen molar-refractivity contribution in [2.75, 3.05) is 27.4 Å². The standard InChI is InChI=1S/C9H17NO3.C8H15NO3.C8H17NO2.C7H15NO2/c1-6(13-7(2)11)8(12)10-9(3,4)5;1-6(10)12-5-7(11)9-8(2,3)4;1-6(11-5)7(10)9-8(2,3)4;1-7(2,3)8-6(9)5-10-4/h6H,1-5H3,(H,10,12);5H2,1-4H3,(H,9,11);6H,1-5H3,(H,9,10);5H2,1-4H3,(H,8,9). The number of carbonyl (C=O) groups excluding carboxylic acids is 6. The molecule has 0 radical (unpaired) electrons. The van der Waals surface area contributed by atoms with E-state index in [-0.39, 0.29) is 65.1 Å². The van der Waals surface area contributed by atoms with Crippen LogP contribution in [-0.2, 0) is 47.7 Å². The van der Waals surface area contributed by atoms with Crippen molar-refractivity contribution in [1.29, 1.82) is 0 Å². The highest BCUT2D eigenvalue weighted by atomic mass is 16.5. The predicted octanol–water partition coefficient (Wildman–Crippen LogP) is 2.80. The zero-order chi connectivity index (χ0) is 37.7. The number of amides is 4. The Morgan fingerprint density at radius 3 is 1.11 bits per heavy atom. The molecule has 0 bridgehead atoms. The van der Waals surface area contributed by atoms with Crippen molar-refractivity contribution in [3.8, 4) is 0 Å². The minimum absolute atomic E-state index is 0.0694. The van der Waals surface area contributed by atoms with Crippen molar-refractivity contribution in [3.63, 3.8) is 0 Å². The lowest BCUT2D eigenvalue weighted by molar-refractivity contribution is -0.153. The van der Waals surface area contributed by atoms with Crippen LogP contribution >= 0.6 is 0 Å². The minimum Gasteiger partial charge on any atom is -0.456 e. The third kappa shape index (κ3) is 42.9. The number of esters is 2. The normalized spacial score (nSPS) is 12.4. The first-order valence-electron chi connectivity index (χ1n) is 14.9. The number of nitrogens with one attached hydrogen (secondary N) is 4. The summed E-state index contributed by atoms with van der Waals surface area (Å²) in [7, 11) is 3.02. The summed E-state index contributed by atoms with van der Waals surface area (Å²) in [5.41, 5.74) is -0.914. The quantitative estimate of drug-likeness (QED) is 0.281. The van der Waals surface area contributed by atoms with Gasteiger partial charge < -0.3 is 40.2 Å². The molecule has 0 spiro atoms. The maximum Gasteiger partial charge on any atom is 0.303 e. The molecule has 4 amide bonds. The number of ether oxygens (including phenoxy) is 4. The lowest BCUT2D eigenvalue weighted by Gasteiger charge is -2.22. The van der Waals surface area contributed by atoms with Gasteiger partial charge in [0.1, 0.15) is 12.7 Å². The molecule has 4 N–H and O–H groups in total. The van der Waals surface area contributed by atoms with Gasteiger partial charge in [-0.25, -0.2) is 0 Å². The van der Waals surface area contributed by atoms with E-state index in [1.807, 2.05) is 83.1 Å². The second kappa shape index (κ2) is 23.1. The Kier molecular flexibility index (Phi) is 24.9. The molecule has 0 saturated heterocycles. The van der Waals surface area contributed by atoms with E-state index < -0.39 is 18.0 Å². The van der Waals surface area contributed by atoms with Gasteiger partial charge in [-0.05, 0) is 96.9 Å². The Hall–Kier alpha value is -3.26. The van der Waals surface area contributed by atoms with Crippen molar-refractivity contribution < 1.29 is 47.7 Å². The van der Waals surface area contributed by atoms with Gasteiger partial charge in [0, 0.05) is 50.2 Å². The summed E-state index contributed by atoms with van der Waals surface area (Å²) in [5, 5.41) is 10.9. The summed E-state index contributed by atoms with van der Waals surface area (Å²) in [6.45, 7) is 28.5. The van der Waals surface area contributed by atoms with Crippen molar-refractivity contribution in [2.45, 2.75) is 145 Å². The van der Waals surface area contributed by atoms with Crippen LogP contribution in [0.15, 0.2) is 0 Å². The lowest BCUT2D eigenvalue weighted by atomic mass is 10.1. The zero-order valence-corrected chi connectivity index (χ0v) is 31.7. The highest BCUT2D eigenvalue weighted by molar-refractivity contribution is 5.83. The molecule has 2 unspecified atom stereocenters. The highest BCUT2D eigenvalue weighted by Crippen LogP contribution is 2.02. The van der Waals surface area contributed by atoms with E-state index in [1.165, 1.54) is 28.1 Å². The van der Waals surface area contributed by atoms with Gasteiger partial charge in [0.15, 0.2) is 12.7 Å². The Morgan fingerprint density at radius 1 is 0.522 bits per heavy atom. The molecule has 0 fully saturated rings. The van der Waals surface area contributed by atoms with E-state index in [4.69, 9.17) is 9.47 Å². The van der Waals surface area contributed by atoms with Crippen LogP contribution < -0.4 is 21.3 Å². The van der Waals surface area contributed by atoms with Crippen LogP contribution in [0.2, 0.25) is 0 Å². The predicted molar refractivity (Wildman–Crippen MR) is 178 cm³/mol. The first-order valence-corrected chi connectivity index (χ1v) is 14.9. The van der Waals surface area contributed by atoms with Gasteiger partial charge in [-0.2, -0.15) is 0 Å². The van der Waals surface area contributed by atoms with Crippen molar-refractivity contribution in [1.82, 2.24) is 21.3 Å². The Morgan fingerprint density at radius 2 is 0.848 bits per heavy atom. The SMILES string of the molecule is CC(=O)OC(C)C(=O)NC(C)(C)C.CC(=O)OCC(=O)NC(C)(C)C.COC(C)C(=O)NC(C)(C)C.COCC(=O)NC(C)(C)C. The van der Waals surface area contributed by atoms with Crippen LogP contribution in [0.1, 0.15) is 111 Å². The van der Waals surface area contributed by atoms with Crippen molar-refractivity contribution in [2.24, 2.45) is 0 Å². The minimum atomic E-state index is -0.725. The number of hydrogen-bond acceptors (Lipinski definition) is 10. The number of methoxy groups -OCH3 is 2. The van der Waals surface area contributed by atoms with Crippen LogP contribution in [0.4, 0.5) is 0 Å². The van der Waals surface area contributed by atoms with Gasteiger partial charge in [-0.1, -0.05) is 0 Å². The van der Waals surface area contributed by atoms with Gasteiger partial charge >= 0.3 is 11.9 Å². The first kappa shape index (κ1) is 49.6. The molecule has 0 saturated carbocycles. The molecule has 0 aliphatic heterocycles. The summed E-state index contributed by atoms with van der Waals surface area (Å²) in [6.07, 6.45) is -1.09. The molecule has 0 aromatic rings. The van der Waals surface area contributed by atoms with Crippen molar-refractivity contribution in [3.05, 3.63) is 0 Å². The number of hydrogen-bond donors (Lipinski definition) is 4. The summed E-state index contributed by atoms with van der Waals surface area (Å²) in [4.78, 5) is 65.1. The van der Waals surface area contributed by atoms with Gasteiger partial charge in [-0.3, -0.25) is 28.8 Å². The fraction of sp³-hybridized carbons (Fsp3) is 0.812. The van der Waals surface area contributed by atoms with E-state index in [1.54, 1.807) is 13.8 Å². The second-order valence-electron chi connectivity index (χ2n) is 14.4. The zero-order valence-electron chi connectivity index (χ0n) is 31.7. The second-order valence-corrected chi connectivity index (χ2v) is 14.4. The molecule has 0 aromatic carbocycles. The van der Waals surface area contributed by atoms with Crippen molar-refractivity contribution >= 4 is 35.6 Å². The molecular weight excluding hydrogens is 600 g/mol. The molecule has 0 aliphatic rings. The molecule has 46 heavy (non-hydrogen) atoms. The Balaban J connectivity index is -0.000000257. The third-order valence-corrected chi connectivity index (χ3v) is 4.14. The van der Waals surface area contributed by atoms with Crippen LogP contribution in [0.3, 0.4) is 0 Å². The molecular formula is C32H64N4O10. The lowest BCUT2D eigenvalue weighted by Crippen LogP contribution is -2.46. The first-order chi connectivity index (χ1) is 20.4. The van der Waals surface area contributed by atoms with Crippen LogP contribution in [0.5, 0.6) is 0 Å². The van der Waals surface area contributed by atoms with Gasteiger partial charge in [0.2, 0.25) is 11.8 Å². The molecule has 14 heteroatoms. The molecule has 2 atom stereocenters. The van der Waals surface area contributed by atoms with E-state index >= 15 is 0 Å². The number of carbonyl (C=O) groups is 6. The third-order valence-electron chi connectivity index (χ3n) is 4.14. The van der Waals surface area contributed by atoms with Crippen LogP contribution in [-0.4, -0.2) is 97.4 Å². The molecule has 272 valence electrons. The average molecular weight is 665 g/mol. The maximum absolute atomic E-state index is 11.3. The fourth-order valence-electron chi connectivity index (χ4n) is 2.56. The molecule has 0 aromatic heterocycles. The molecule has 0 heterocycles. The summed E-state index contributed by atoms with van der Waals surface area (Å²) < 4.78 is 18.7. The van der Waals surface area contributed by atoms with Crippen LogP contribution in [0.25, 0.3) is 0 Å². The number of rotatable bonds is 8. The van der Waals surface area contributed by atoms with Gasteiger partial charge in [-0.15, -0.1) is 0 Å². The fourth-order valence-corrected chi connectivity index (χ4v) is 2.56. The average Bonchev–Trinajstić information content (AvgIpc) is 2.78. The van der Waals surface area contributed by atoms with Gasteiger partial charge in [0.05, 0.1) is 0 Å². The molecule has 14 nitrogen and oxygen atoms in total.